The summed E-state index contributed by atoms with van der Waals surface area (Å²) in [4.78, 5) is 51.7. The van der Waals surface area contributed by atoms with Crippen molar-refractivity contribution in [3.05, 3.63) is 54.1 Å². The number of hydrogen-bond donors (Lipinski definition) is 1. The first-order chi connectivity index (χ1) is 15.9. The van der Waals surface area contributed by atoms with Crippen molar-refractivity contribution in [2.24, 2.45) is 17.8 Å². The molecule has 1 aliphatic heterocycles. The zero-order valence-corrected chi connectivity index (χ0v) is 18.6. The lowest BCUT2D eigenvalue weighted by Gasteiger charge is -2.25. The summed E-state index contributed by atoms with van der Waals surface area (Å²) in [5.41, 5.74) is 1.02. The minimum absolute atomic E-state index is 0.158. The van der Waals surface area contributed by atoms with Gasteiger partial charge in [0.1, 0.15) is 5.75 Å². The van der Waals surface area contributed by atoms with Gasteiger partial charge in [-0.2, -0.15) is 0 Å². The Morgan fingerprint density at radius 3 is 2.58 bits per heavy atom. The normalized spacial score (nSPS) is 22.0. The van der Waals surface area contributed by atoms with E-state index in [1.54, 1.807) is 36.4 Å². The molecule has 2 aromatic carbocycles. The Morgan fingerprint density at radius 1 is 1.03 bits per heavy atom. The second kappa shape index (κ2) is 9.44. The van der Waals surface area contributed by atoms with E-state index in [1.807, 2.05) is 0 Å². The monoisotopic (exact) mass is 450 g/mol. The predicted molar refractivity (Wildman–Crippen MR) is 121 cm³/mol. The number of rotatable bonds is 6. The Kier molecular flexibility index (Phi) is 6.44. The van der Waals surface area contributed by atoms with Crippen molar-refractivity contribution in [2.75, 3.05) is 23.9 Å². The van der Waals surface area contributed by atoms with Gasteiger partial charge in [-0.15, -0.1) is 0 Å². The van der Waals surface area contributed by atoms with Gasteiger partial charge in [0, 0.05) is 11.8 Å². The molecule has 8 heteroatoms. The molecular weight excluding hydrogens is 424 g/mol. The summed E-state index contributed by atoms with van der Waals surface area (Å²) in [6, 6.07) is 13.0. The number of esters is 1. The number of carbonyl (C=O) groups is 4. The molecule has 172 valence electrons. The number of nitrogens with zero attached hydrogens (tertiary/aromatic N) is 1. The van der Waals surface area contributed by atoms with E-state index >= 15 is 0 Å². The number of imide groups is 1. The highest BCUT2D eigenvalue weighted by molar-refractivity contribution is 6.22. The molecular formula is C25H26N2O6. The van der Waals surface area contributed by atoms with Gasteiger partial charge in [0.2, 0.25) is 11.8 Å². The van der Waals surface area contributed by atoms with Gasteiger partial charge >= 0.3 is 5.97 Å². The van der Waals surface area contributed by atoms with Crippen LogP contribution in [0.1, 0.15) is 36.5 Å². The molecule has 4 rings (SSSR count). The van der Waals surface area contributed by atoms with Crippen molar-refractivity contribution in [3.8, 4) is 5.75 Å². The number of methoxy groups -OCH3 is 1. The third-order valence-corrected chi connectivity index (χ3v) is 6.22. The lowest BCUT2D eigenvalue weighted by molar-refractivity contribution is -0.122. The first kappa shape index (κ1) is 22.5. The smallest absolute Gasteiger partial charge is 0.338 e. The average Bonchev–Trinajstić information content (AvgIpc) is 3.06. The highest BCUT2D eigenvalue weighted by Crippen LogP contribution is 2.42. The minimum Gasteiger partial charge on any atom is -0.497 e. The van der Waals surface area contributed by atoms with Crippen LogP contribution in [0.5, 0.6) is 5.75 Å². The SMILES string of the molecule is COc1cccc(NC(=O)COC(=O)c2cccc(N3C(=O)[C@H]4C[C@H](C)CC[C@H]4C3=O)c2)c1. The van der Waals surface area contributed by atoms with E-state index in [1.165, 1.54) is 24.1 Å². The molecule has 0 radical (unpaired) electrons. The summed E-state index contributed by atoms with van der Waals surface area (Å²) in [6.07, 6.45) is 2.34. The second-order valence-corrected chi connectivity index (χ2v) is 8.55. The Balaban J connectivity index is 1.40. The molecule has 2 aliphatic rings. The molecule has 1 heterocycles. The average molecular weight is 450 g/mol. The number of ether oxygens (including phenoxy) is 2. The summed E-state index contributed by atoms with van der Waals surface area (Å²) in [5.74, 6) is -1.23. The van der Waals surface area contributed by atoms with Gasteiger partial charge in [-0.05, 0) is 55.5 Å². The summed E-state index contributed by atoms with van der Waals surface area (Å²) >= 11 is 0. The Bertz CT molecular complexity index is 1100. The first-order valence-electron chi connectivity index (χ1n) is 11.0. The number of fused-ring (bicyclic) bond motifs is 1. The van der Waals surface area contributed by atoms with Gasteiger partial charge in [0.25, 0.3) is 5.91 Å². The first-order valence-corrected chi connectivity index (χ1v) is 11.0. The van der Waals surface area contributed by atoms with Gasteiger partial charge in [-0.1, -0.05) is 19.1 Å². The van der Waals surface area contributed by atoms with Crippen LogP contribution in [0.4, 0.5) is 11.4 Å². The van der Waals surface area contributed by atoms with Crippen LogP contribution in [-0.2, 0) is 19.1 Å². The summed E-state index contributed by atoms with van der Waals surface area (Å²) < 4.78 is 10.2. The number of benzene rings is 2. The molecule has 2 fully saturated rings. The molecule has 0 aromatic heterocycles. The molecule has 1 saturated heterocycles. The van der Waals surface area contributed by atoms with Crippen LogP contribution >= 0.6 is 0 Å². The van der Waals surface area contributed by atoms with E-state index < -0.39 is 18.5 Å². The maximum absolute atomic E-state index is 12.9. The van der Waals surface area contributed by atoms with E-state index in [-0.39, 0.29) is 29.2 Å². The molecule has 2 aromatic rings. The van der Waals surface area contributed by atoms with Crippen molar-refractivity contribution >= 4 is 35.1 Å². The molecule has 0 bridgehead atoms. The molecule has 1 saturated carbocycles. The quantitative estimate of drug-likeness (QED) is 0.535. The highest BCUT2D eigenvalue weighted by Gasteiger charge is 2.50. The summed E-state index contributed by atoms with van der Waals surface area (Å²) in [7, 11) is 1.52. The maximum atomic E-state index is 12.9. The van der Waals surface area contributed by atoms with Crippen LogP contribution < -0.4 is 15.0 Å². The number of carbonyl (C=O) groups excluding carboxylic acids is 4. The molecule has 1 aliphatic carbocycles. The van der Waals surface area contributed by atoms with Crippen LogP contribution in [0.3, 0.4) is 0 Å². The van der Waals surface area contributed by atoms with Crippen LogP contribution in [0.2, 0.25) is 0 Å². The van der Waals surface area contributed by atoms with Gasteiger partial charge in [-0.3, -0.25) is 19.3 Å². The molecule has 8 nitrogen and oxygen atoms in total. The fourth-order valence-electron chi connectivity index (χ4n) is 4.53. The number of nitrogens with one attached hydrogen (secondary N) is 1. The summed E-state index contributed by atoms with van der Waals surface area (Å²) in [6.45, 7) is 1.61. The molecule has 3 amide bonds. The van der Waals surface area contributed by atoms with Crippen LogP contribution in [0, 0.1) is 17.8 Å². The third-order valence-electron chi connectivity index (χ3n) is 6.22. The van der Waals surface area contributed by atoms with E-state index in [9.17, 15) is 19.2 Å². The van der Waals surface area contributed by atoms with Gasteiger partial charge in [-0.25, -0.2) is 4.79 Å². The van der Waals surface area contributed by atoms with Gasteiger partial charge < -0.3 is 14.8 Å². The Morgan fingerprint density at radius 2 is 1.79 bits per heavy atom. The minimum atomic E-state index is -0.720. The van der Waals surface area contributed by atoms with E-state index in [0.717, 1.165) is 6.42 Å². The number of anilines is 2. The third kappa shape index (κ3) is 4.74. The molecule has 0 spiro atoms. The van der Waals surface area contributed by atoms with Crippen molar-refractivity contribution in [1.29, 1.82) is 0 Å². The zero-order valence-electron chi connectivity index (χ0n) is 18.6. The molecule has 0 unspecified atom stereocenters. The standard InChI is InChI=1S/C25H26N2O6/c1-15-9-10-20-21(11-15)24(30)27(23(20)29)18-7-3-5-16(12-18)25(31)33-14-22(28)26-17-6-4-8-19(13-17)32-2/h3-8,12-13,15,20-21H,9-11,14H2,1-2H3,(H,26,28)/t15-,20-,21+/m1/s1. The highest BCUT2D eigenvalue weighted by atomic mass is 16.5. The number of hydrogen-bond acceptors (Lipinski definition) is 6. The lowest BCUT2D eigenvalue weighted by Crippen LogP contribution is -2.31. The Hall–Kier alpha value is -3.68. The van der Waals surface area contributed by atoms with Gasteiger partial charge in [0.05, 0.1) is 30.2 Å². The van der Waals surface area contributed by atoms with Crippen molar-refractivity contribution in [3.63, 3.8) is 0 Å². The zero-order chi connectivity index (χ0) is 23.5. The van der Waals surface area contributed by atoms with Crippen LogP contribution in [-0.4, -0.2) is 37.4 Å². The topological polar surface area (TPSA) is 102 Å². The van der Waals surface area contributed by atoms with E-state index in [4.69, 9.17) is 9.47 Å². The maximum Gasteiger partial charge on any atom is 0.338 e. The van der Waals surface area contributed by atoms with E-state index in [2.05, 4.69) is 12.2 Å². The van der Waals surface area contributed by atoms with Crippen molar-refractivity contribution in [1.82, 2.24) is 0 Å². The van der Waals surface area contributed by atoms with Crippen molar-refractivity contribution < 1.29 is 28.7 Å². The molecule has 3 atom stereocenters. The Labute approximate surface area is 191 Å². The molecule has 33 heavy (non-hydrogen) atoms. The fraction of sp³-hybridized carbons (Fsp3) is 0.360. The molecule has 1 N–H and O–H groups in total. The second-order valence-electron chi connectivity index (χ2n) is 8.55. The lowest BCUT2D eigenvalue weighted by atomic mass is 9.76. The largest absolute Gasteiger partial charge is 0.497 e. The summed E-state index contributed by atoms with van der Waals surface area (Å²) in [5, 5.41) is 2.63. The van der Waals surface area contributed by atoms with Gasteiger partial charge in [0.15, 0.2) is 6.61 Å². The number of amides is 3. The fourth-order valence-corrected chi connectivity index (χ4v) is 4.53. The van der Waals surface area contributed by atoms with E-state index in [0.29, 0.717) is 35.9 Å². The van der Waals surface area contributed by atoms with Crippen LogP contribution in [0.15, 0.2) is 48.5 Å². The van der Waals surface area contributed by atoms with Crippen molar-refractivity contribution in [2.45, 2.75) is 26.2 Å². The predicted octanol–water partition coefficient (Wildman–Crippen LogP) is 3.42. The van der Waals surface area contributed by atoms with Crippen LogP contribution in [0.25, 0.3) is 0 Å².